The van der Waals surface area contributed by atoms with Gasteiger partial charge in [-0.2, -0.15) is 0 Å². The Morgan fingerprint density at radius 1 is 0.781 bits per heavy atom. The van der Waals surface area contributed by atoms with Crippen LogP contribution in [0.2, 0.25) is 0 Å². The second-order valence-corrected chi connectivity index (χ2v) is 7.65. The van der Waals surface area contributed by atoms with Gasteiger partial charge in [0.05, 0.1) is 0 Å². The lowest BCUT2D eigenvalue weighted by Crippen LogP contribution is -2.16. The van der Waals surface area contributed by atoms with Crippen molar-refractivity contribution in [3.63, 3.8) is 0 Å². The van der Waals surface area contributed by atoms with Crippen molar-refractivity contribution in [1.82, 2.24) is 9.97 Å². The molecule has 1 aromatic heterocycles. The molecular formula is C26H27F3N2O. The lowest BCUT2D eigenvalue weighted by atomic mass is 10.1. The van der Waals surface area contributed by atoms with E-state index in [1.54, 1.807) is 12.1 Å². The van der Waals surface area contributed by atoms with Crippen molar-refractivity contribution >= 4 is 12.2 Å². The van der Waals surface area contributed by atoms with Gasteiger partial charge in [-0.15, -0.1) is 13.2 Å². The Morgan fingerprint density at radius 3 is 1.91 bits per heavy atom. The lowest BCUT2D eigenvalue weighted by Gasteiger charge is -2.08. The molecule has 3 nitrogen and oxygen atoms in total. The van der Waals surface area contributed by atoms with Crippen LogP contribution in [0.15, 0.2) is 60.9 Å². The number of halogens is 3. The van der Waals surface area contributed by atoms with E-state index in [1.807, 2.05) is 48.8 Å². The average Bonchev–Trinajstić information content (AvgIpc) is 2.78. The van der Waals surface area contributed by atoms with Crippen molar-refractivity contribution in [1.29, 1.82) is 0 Å². The van der Waals surface area contributed by atoms with Crippen LogP contribution in [-0.2, 0) is 6.42 Å². The minimum absolute atomic E-state index is 0.235. The highest BCUT2D eigenvalue weighted by atomic mass is 19.4. The van der Waals surface area contributed by atoms with E-state index in [0.29, 0.717) is 5.82 Å². The number of nitrogens with zero attached hydrogens (tertiary/aromatic N) is 2. The zero-order valence-corrected chi connectivity index (χ0v) is 18.1. The molecule has 0 aliphatic heterocycles. The first-order valence-electron chi connectivity index (χ1n) is 10.9. The number of aromatic nitrogens is 2. The Kier molecular flexibility index (Phi) is 8.42. The van der Waals surface area contributed by atoms with Crippen molar-refractivity contribution in [3.8, 4) is 17.1 Å². The molecule has 0 amide bonds. The minimum Gasteiger partial charge on any atom is -0.406 e. The van der Waals surface area contributed by atoms with Crippen molar-refractivity contribution in [2.45, 2.75) is 51.8 Å². The van der Waals surface area contributed by atoms with Gasteiger partial charge in [0.15, 0.2) is 5.82 Å². The van der Waals surface area contributed by atoms with E-state index in [1.165, 1.54) is 44.2 Å². The number of rotatable bonds is 10. The molecule has 1 heterocycles. The van der Waals surface area contributed by atoms with Crippen LogP contribution in [0.4, 0.5) is 13.2 Å². The molecule has 0 bridgehead atoms. The molecule has 0 N–H and O–H groups in total. The molecule has 0 atom stereocenters. The van der Waals surface area contributed by atoms with Gasteiger partial charge in [-0.3, -0.25) is 0 Å². The molecule has 0 fully saturated rings. The predicted molar refractivity (Wildman–Crippen MR) is 122 cm³/mol. The Balaban J connectivity index is 1.54. The van der Waals surface area contributed by atoms with Crippen molar-refractivity contribution < 1.29 is 17.9 Å². The molecule has 0 radical (unpaired) electrons. The van der Waals surface area contributed by atoms with Crippen LogP contribution in [0.1, 0.15) is 55.7 Å². The third-order valence-corrected chi connectivity index (χ3v) is 5.03. The van der Waals surface area contributed by atoms with Gasteiger partial charge in [0.25, 0.3) is 0 Å². The first-order chi connectivity index (χ1) is 15.4. The standard InChI is InChI=1S/C26H27F3N2O/c1-2-3-4-5-6-7-22-18-30-25(31-19-22)23-14-10-20(11-15-23)8-9-21-12-16-24(17-13-21)32-26(27,28)29/h8-19H,2-7H2,1H3/b9-8+. The summed E-state index contributed by atoms with van der Waals surface area (Å²) in [7, 11) is 0. The molecule has 0 saturated heterocycles. The van der Waals surface area contributed by atoms with E-state index < -0.39 is 6.36 Å². The smallest absolute Gasteiger partial charge is 0.406 e. The molecule has 0 unspecified atom stereocenters. The van der Waals surface area contributed by atoms with Crippen LogP contribution in [0, 0.1) is 0 Å². The van der Waals surface area contributed by atoms with E-state index in [-0.39, 0.29) is 5.75 Å². The van der Waals surface area contributed by atoms with Crippen LogP contribution in [0.25, 0.3) is 23.5 Å². The fourth-order valence-corrected chi connectivity index (χ4v) is 3.28. The monoisotopic (exact) mass is 440 g/mol. The number of alkyl halides is 3. The number of benzene rings is 2. The molecule has 168 valence electrons. The van der Waals surface area contributed by atoms with E-state index in [0.717, 1.165) is 28.7 Å². The van der Waals surface area contributed by atoms with Gasteiger partial charge in [0, 0.05) is 18.0 Å². The molecular weight excluding hydrogens is 413 g/mol. The number of unbranched alkanes of at least 4 members (excludes halogenated alkanes) is 4. The van der Waals surface area contributed by atoms with E-state index in [2.05, 4.69) is 21.6 Å². The molecule has 3 rings (SSSR count). The molecule has 0 saturated carbocycles. The van der Waals surface area contributed by atoms with E-state index in [9.17, 15) is 13.2 Å². The highest BCUT2D eigenvalue weighted by Crippen LogP contribution is 2.23. The van der Waals surface area contributed by atoms with Gasteiger partial charge in [0.1, 0.15) is 5.75 Å². The summed E-state index contributed by atoms with van der Waals surface area (Å²) in [5.41, 5.74) is 3.84. The SMILES string of the molecule is CCCCCCCc1cnc(-c2ccc(/C=C/c3ccc(OC(F)(F)F)cc3)cc2)nc1. The second kappa shape index (κ2) is 11.5. The van der Waals surface area contributed by atoms with Gasteiger partial charge in [-0.25, -0.2) is 9.97 Å². The average molecular weight is 441 g/mol. The molecule has 0 spiro atoms. The quantitative estimate of drug-likeness (QED) is 0.239. The largest absolute Gasteiger partial charge is 0.573 e. The molecule has 6 heteroatoms. The van der Waals surface area contributed by atoms with E-state index in [4.69, 9.17) is 0 Å². The van der Waals surface area contributed by atoms with Crippen LogP contribution in [0.5, 0.6) is 5.75 Å². The summed E-state index contributed by atoms with van der Waals surface area (Å²) < 4.78 is 40.6. The summed E-state index contributed by atoms with van der Waals surface area (Å²) in [4.78, 5) is 9.00. The first kappa shape index (κ1) is 23.5. The fraction of sp³-hybridized carbons (Fsp3) is 0.308. The maximum atomic E-state index is 12.2. The normalized spacial score (nSPS) is 11.8. The summed E-state index contributed by atoms with van der Waals surface area (Å²) in [6.07, 6.45) is 10.1. The number of hydrogen-bond donors (Lipinski definition) is 0. The van der Waals surface area contributed by atoms with Gasteiger partial charge < -0.3 is 4.74 Å². The van der Waals surface area contributed by atoms with Gasteiger partial charge in [-0.1, -0.05) is 81.2 Å². The van der Waals surface area contributed by atoms with Crippen LogP contribution in [-0.4, -0.2) is 16.3 Å². The van der Waals surface area contributed by atoms with Crippen LogP contribution in [0.3, 0.4) is 0 Å². The third kappa shape index (κ3) is 7.84. The zero-order valence-electron chi connectivity index (χ0n) is 18.1. The molecule has 0 aliphatic rings. The fourth-order valence-electron chi connectivity index (χ4n) is 3.28. The summed E-state index contributed by atoms with van der Waals surface area (Å²) in [6.45, 7) is 2.22. The highest BCUT2D eigenvalue weighted by Gasteiger charge is 2.30. The molecule has 2 aromatic carbocycles. The van der Waals surface area contributed by atoms with Gasteiger partial charge in [0.2, 0.25) is 0 Å². The molecule has 3 aromatic rings. The Morgan fingerprint density at radius 2 is 1.34 bits per heavy atom. The summed E-state index contributed by atoms with van der Waals surface area (Å²) >= 11 is 0. The second-order valence-electron chi connectivity index (χ2n) is 7.65. The third-order valence-electron chi connectivity index (χ3n) is 5.03. The zero-order chi connectivity index (χ0) is 22.8. The highest BCUT2D eigenvalue weighted by molar-refractivity contribution is 5.71. The lowest BCUT2D eigenvalue weighted by molar-refractivity contribution is -0.274. The number of ether oxygens (including phenoxy) is 1. The Bertz CT molecular complexity index is 980. The molecule has 0 aliphatic carbocycles. The maximum absolute atomic E-state index is 12.2. The predicted octanol–water partition coefficient (Wildman–Crippen LogP) is 7.73. The van der Waals surface area contributed by atoms with Crippen molar-refractivity contribution in [2.24, 2.45) is 0 Å². The maximum Gasteiger partial charge on any atom is 0.573 e. The van der Waals surface area contributed by atoms with Crippen molar-refractivity contribution in [2.75, 3.05) is 0 Å². The summed E-state index contributed by atoms with van der Waals surface area (Å²) in [5, 5.41) is 0. The van der Waals surface area contributed by atoms with Gasteiger partial charge in [-0.05, 0) is 41.7 Å². The minimum atomic E-state index is -4.68. The van der Waals surface area contributed by atoms with Crippen LogP contribution >= 0.6 is 0 Å². The van der Waals surface area contributed by atoms with Crippen LogP contribution < -0.4 is 4.74 Å². The number of aryl methyl sites for hydroxylation is 1. The topological polar surface area (TPSA) is 35.0 Å². The summed E-state index contributed by atoms with van der Waals surface area (Å²) in [5.74, 6) is 0.456. The Labute approximate surface area is 187 Å². The Hall–Kier alpha value is -3.15. The van der Waals surface area contributed by atoms with Crippen molar-refractivity contribution in [3.05, 3.63) is 77.6 Å². The van der Waals surface area contributed by atoms with Gasteiger partial charge >= 0.3 is 6.36 Å². The molecule has 32 heavy (non-hydrogen) atoms. The summed E-state index contributed by atoms with van der Waals surface area (Å²) in [6, 6.07) is 13.6. The number of hydrogen-bond acceptors (Lipinski definition) is 3. The first-order valence-corrected chi connectivity index (χ1v) is 10.9. The van der Waals surface area contributed by atoms with E-state index >= 15 is 0 Å².